The Kier molecular flexibility index (Phi) is 2.92. The molecule has 0 bridgehead atoms. The quantitative estimate of drug-likeness (QED) is 0.596. The number of carbonyl (C=O) groups is 1. The Bertz CT molecular complexity index is 167. The lowest BCUT2D eigenvalue weighted by Crippen LogP contribution is -2.40. The number of rotatable bonds is 3. The van der Waals surface area contributed by atoms with Crippen molar-refractivity contribution in [2.24, 2.45) is 5.73 Å². The molecule has 0 aromatic rings. The average Bonchev–Trinajstić information content (AvgIpc) is 2.03. The molecule has 0 saturated heterocycles. The lowest BCUT2D eigenvalue weighted by molar-refractivity contribution is 0.213. The number of nitrogens with zero attached hydrogens (tertiary/aromatic N) is 1. The molecule has 0 aliphatic carbocycles. The molecule has 0 aromatic carbocycles. The second kappa shape index (κ2) is 3.98. The van der Waals surface area contributed by atoms with E-state index in [9.17, 15) is 4.79 Å². The summed E-state index contributed by atoms with van der Waals surface area (Å²) in [6.07, 6.45) is 4.56. The summed E-state index contributed by atoms with van der Waals surface area (Å²) in [6, 6.07) is -0.0269. The molecule has 1 aliphatic rings. The summed E-state index contributed by atoms with van der Waals surface area (Å²) in [6.45, 7) is 1.97. The highest BCUT2D eigenvalue weighted by molar-refractivity contribution is 5.76. The SMILES string of the molecule is NCCCN1C=CCNC1=O. The lowest BCUT2D eigenvalue weighted by atomic mass is 10.4. The van der Waals surface area contributed by atoms with E-state index in [0.717, 1.165) is 6.42 Å². The third-order valence-electron chi connectivity index (χ3n) is 1.52. The van der Waals surface area contributed by atoms with Gasteiger partial charge in [-0.05, 0) is 19.0 Å². The van der Waals surface area contributed by atoms with Crippen LogP contribution in [-0.2, 0) is 0 Å². The predicted molar refractivity (Wildman–Crippen MR) is 42.9 cm³/mol. The molecule has 62 valence electrons. The van der Waals surface area contributed by atoms with Crippen molar-refractivity contribution in [3.63, 3.8) is 0 Å². The summed E-state index contributed by atoms with van der Waals surface area (Å²) in [4.78, 5) is 12.7. The topological polar surface area (TPSA) is 58.4 Å². The molecule has 1 aliphatic heterocycles. The Morgan fingerprint density at radius 1 is 1.73 bits per heavy atom. The fourth-order valence-electron chi connectivity index (χ4n) is 0.933. The van der Waals surface area contributed by atoms with Gasteiger partial charge in [-0.3, -0.25) is 0 Å². The van der Waals surface area contributed by atoms with E-state index in [1.54, 1.807) is 11.1 Å². The summed E-state index contributed by atoms with van der Waals surface area (Å²) in [5.41, 5.74) is 5.31. The van der Waals surface area contributed by atoms with Crippen LogP contribution in [0.1, 0.15) is 6.42 Å². The summed E-state index contributed by atoms with van der Waals surface area (Å²) in [5.74, 6) is 0. The summed E-state index contributed by atoms with van der Waals surface area (Å²) >= 11 is 0. The molecular weight excluding hydrogens is 142 g/mol. The monoisotopic (exact) mass is 155 g/mol. The van der Waals surface area contributed by atoms with Crippen molar-refractivity contribution in [3.05, 3.63) is 12.3 Å². The molecule has 0 atom stereocenters. The standard InChI is InChI=1S/C7H13N3O/c8-3-1-5-10-6-2-4-9-7(10)11/h2,6H,1,3-5,8H2,(H,9,11). The van der Waals surface area contributed by atoms with E-state index in [0.29, 0.717) is 19.6 Å². The van der Waals surface area contributed by atoms with Gasteiger partial charge in [-0.1, -0.05) is 0 Å². The van der Waals surface area contributed by atoms with Crippen molar-refractivity contribution in [1.82, 2.24) is 10.2 Å². The van der Waals surface area contributed by atoms with Gasteiger partial charge in [0.05, 0.1) is 0 Å². The molecule has 2 amide bonds. The van der Waals surface area contributed by atoms with Crippen molar-refractivity contribution in [2.75, 3.05) is 19.6 Å². The third-order valence-corrected chi connectivity index (χ3v) is 1.52. The van der Waals surface area contributed by atoms with Crippen LogP contribution < -0.4 is 11.1 Å². The van der Waals surface area contributed by atoms with Gasteiger partial charge in [-0.15, -0.1) is 0 Å². The van der Waals surface area contributed by atoms with E-state index in [-0.39, 0.29) is 6.03 Å². The van der Waals surface area contributed by atoms with Gasteiger partial charge in [0.25, 0.3) is 0 Å². The van der Waals surface area contributed by atoms with Gasteiger partial charge in [-0.2, -0.15) is 0 Å². The molecular formula is C7H13N3O. The second-order valence-electron chi connectivity index (χ2n) is 2.41. The van der Waals surface area contributed by atoms with E-state index in [4.69, 9.17) is 5.73 Å². The first-order chi connectivity index (χ1) is 5.34. The van der Waals surface area contributed by atoms with Crippen LogP contribution in [0, 0.1) is 0 Å². The Morgan fingerprint density at radius 2 is 2.55 bits per heavy atom. The molecule has 1 heterocycles. The van der Waals surface area contributed by atoms with Crippen LogP contribution in [0.3, 0.4) is 0 Å². The minimum atomic E-state index is -0.0269. The van der Waals surface area contributed by atoms with Crippen molar-refractivity contribution in [2.45, 2.75) is 6.42 Å². The Labute approximate surface area is 66.0 Å². The van der Waals surface area contributed by atoms with Gasteiger partial charge in [0.15, 0.2) is 0 Å². The van der Waals surface area contributed by atoms with Gasteiger partial charge in [0.1, 0.15) is 0 Å². The van der Waals surface area contributed by atoms with Crippen LogP contribution in [0.4, 0.5) is 4.79 Å². The second-order valence-corrected chi connectivity index (χ2v) is 2.41. The van der Waals surface area contributed by atoms with E-state index in [1.165, 1.54) is 0 Å². The van der Waals surface area contributed by atoms with Crippen molar-refractivity contribution in [1.29, 1.82) is 0 Å². The molecule has 0 aromatic heterocycles. The number of carbonyl (C=O) groups excluding carboxylic acids is 1. The van der Waals surface area contributed by atoms with Crippen LogP contribution >= 0.6 is 0 Å². The number of nitrogens with one attached hydrogen (secondary N) is 1. The number of amides is 2. The number of hydrogen-bond acceptors (Lipinski definition) is 2. The minimum absolute atomic E-state index is 0.0269. The molecule has 0 radical (unpaired) electrons. The Balaban J connectivity index is 2.35. The maximum atomic E-state index is 11.0. The largest absolute Gasteiger partial charge is 0.334 e. The van der Waals surface area contributed by atoms with Crippen LogP contribution in [0.2, 0.25) is 0 Å². The van der Waals surface area contributed by atoms with E-state index >= 15 is 0 Å². The summed E-state index contributed by atoms with van der Waals surface area (Å²) in [7, 11) is 0. The van der Waals surface area contributed by atoms with Crippen LogP contribution in [0.25, 0.3) is 0 Å². The fraction of sp³-hybridized carbons (Fsp3) is 0.571. The Morgan fingerprint density at radius 3 is 3.18 bits per heavy atom. The molecule has 3 N–H and O–H groups in total. The summed E-state index contributed by atoms with van der Waals surface area (Å²) < 4.78 is 0. The molecule has 1 rings (SSSR count). The normalized spacial score (nSPS) is 16.8. The zero-order valence-electron chi connectivity index (χ0n) is 6.42. The maximum absolute atomic E-state index is 11.0. The fourth-order valence-corrected chi connectivity index (χ4v) is 0.933. The van der Waals surface area contributed by atoms with E-state index < -0.39 is 0 Å². The average molecular weight is 155 g/mol. The number of hydrogen-bond donors (Lipinski definition) is 2. The highest BCUT2D eigenvalue weighted by Gasteiger charge is 2.10. The van der Waals surface area contributed by atoms with Gasteiger partial charge in [0.2, 0.25) is 0 Å². The van der Waals surface area contributed by atoms with Crippen molar-refractivity contribution >= 4 is 6.03 Å². The van der Waals surface area contributed by atoms with Gasteiger partial charge < -0.3 is 16.0 Å². The molecule has 11 heavy (non-hydrogen) atoms. The molecule has 0 fully saturated rings. The third kappa shape index (κ3) is 2.23. The zero-order valence-corrected chi connectivity index (χ0v) is 6.42. The smallest absolute Gasteiger partial charge is 0.321 e. The molecule has 0 spiro atoms. The van der Waals surface area contributed by atoms with Gasteiger partial charge in [0, 0.05) is 19.3 Å². The molecule has 4 heteroatoms. The van der Waals surface area contributed by atoms with Crippen LogP contribution in [0.15, 0.2) is 12.3 Å². The maximum Gasteiger partial charge on any atom is 0.321 e. The van der Waals surface area contributed by atoms with Gasteiger partial charge in [-0.25, -0.2) is 4.79 Å². The molecule has 0 unspecified atom stereocenters. The highest BCUT2D eigenvalue weighted by Crippen LogP contribution is 1.97. The van der Waals surface area contributed by atoms with Gasteiger partial charge >= 0.3 is 6.03 Å². The first-order valence-corrected chi connectivity index (χ1v) is 3.76. The lowest BCUT2D eigenvalue weighted by Gasteiger charge is -2.21. The minimum Gasteiger partial charge on any atom is -0.334 e. The first-order valence-electron chi connectivity index (χ1n) is 3.76. The Hall–Kier alpha value is -1.03. The summed E-state index contributed by atoms with van der Waals surface area (Å²) in [5, 5.41) is 2.70. The first kappa shape index (κ1) is 8.07. The van der Waals surface area contributed by atoms with E-state index in [1.807, 2.05) is 6.08 Å². The van der Waals surface area contributed by atoms with Crippen LogP contribution in [0.5, 0.6) is 0 Å². The predicted octanol–water partition coefficient (Wildman–Crippen LogP) is -0.126. The molecule has 4 nitrogen and oxygen atoms in total. The van der Waals surface area contributed by atoms with Crippen molar-refractivity contribution in [3.8, 4) is 0 Å². The number of urea groups is 1. The van der Waals surface area contributed by atoms with Crippen LogP contribution in [-0.4, -0.2) is 30.6 Å². The zero-order chi connectivity index (χ0) is 8.10. The van der Waals surface area contributed by atoms with Crippen molar-refractivity contribution < 1.29 is 4.79 Å². The van der Waals surface area contributed by atoms with E-state index in [2.05, 4.69) is 5.32 Å². The molecule has 0 saturated carbocycles. The number of nitrogens with two attached hydrogens (primary N) is 1. The highest BCUT2D eigenvalue weighted by atomic mass is 16.2.